The van der Waals surface area contributed by atoms with Crippen LogP contribution in [-0.4, -0.2) is 19.5 Å². The highest BCUT2D eigenvalue weighted by Crippen LogP contribution is 2.31. The lowest BCUT2D eigenvalue weighted by Crippen LogP contribution is -2.01. The first-order valence-electron chi connectivity index (χ1n) is 11.2. The van der Waals surface area contributed by atoms with Crippen LogP contribution in [-0.2, 0) is 6.42 Å². The zero-order valence-corrected chi connectivity index (χ0v) is 20.2. The second-order valence-corrected chi connectivity index (χ2v) is 9.01. The van der Waals surface area contributed by atoms with Gasteiger partial charge in [0.25, 0.3) is 0 Å². The van der Waals surface area contributed by atoms with Gasteiger partial charge in [-0.15, -0.1) is 11.3 Å². The average molecular weight is 467 g/mol. The quantitative estimate of drug-likeness (QED) is 0.269. The van der Waals surface area contributed by atoms with Crippen molar-refractivity contribution in [3.05, 3.63) is 95.5 Å². The largest absolute Gasteiger partial charge is 0.340 e. The lowest BCUT2D eigenvalue weighted by Gasteiger charge is -2.13. The van der Waals surface area contributed by atoms with Crippen molar-refractivity contribution in [2.75, 3.05) is 10.6 Å². The molecule has 0 saturated heterocycles. The molecule has 0 aliphatic carbocycles. The van der Waals surface area contributed by atoms with E-state index in [9.17, 15) is 0 Å². The number of imidazole rings is 1. The molecule has 0 aliphatic heterocycles. The van der Waals surface area contributed by atoms with Crippen molar-refractivity contribution in [2.24, 2.45) is 0 Å². The van der Waals surface area contributed by atoms with Gasteiger partial charge in [-0.1, -0.05) is 31.2 Å². The maximum absolute atomic E-state index is 4.82. The summed E-state index contributed by atoms with van der Waals surface area (Å²) in [6, 6.07) is 18.8. The van der Waals surface area contributed by atoms with Crippen molar-refractivity contribution >= 4 is 33.7 Å². The lowest BCUT2D eigenvalue weighted by molar-refractivity contribution is 1.06. The Morgan fingerprint density at radius 1 is 0.941 bits per heavy atom. The fourth-order valence-corrected chi connectivity index (χ4v) is 4.48. The molecule has 170 valence electrons. The first kappa shape index (κ1) is 21.9. The normalized spacial score (nSPS) is 10.9. The molecule has 0 bridgehead atoms. The van der Waals surface area contributed by atoms with Gasteiger partial charge in [-0.2, -0.15) is 0 Å². The highest BCUT2D eigenvalue weighted by Gasteiger charge is 2.09. The Morgan fingerprint density at radius 3 is 2.56 bits per heavy atom. The van der Waals surface area contributed by atoms with E-state index in [1.165, 1.54) is 5.56 Å². The molecule has 5 rings (SSSR count). The Bertz CT molecular complexity index is 1400. The number of aromatic nitrogens is 4. The van der Waals surface area contributed by atoms with E-state index in [0.717, 1.165) is 56.9 Å². The molecule has 7 heteroatoms. The number of nitrogens with one attached hydrogen (secondary N) is 2. The highest BCUT2D eigenvalue weighted by molar-refractivity contribution is 7.14. The van der Waals surface area contributed by atoms with E-state index in [1.54, 1.807) is 23.9 Å². The molecule has 0 spiro atoms. The van der Waals surface area contributed by atoms with Crippen LogP contribution in [0.15, 0.2) is 78.7 Å². The molecule has 3 aromatic heterocycles. The van der Waals surface area contributed by atoms with Crippen molar-refractivity contribution < 1.29 is 0 Å². The summed E-state index contributed by atoms with van der Waals surface area (Å²) in [6.07, 6.45) is 6.43. The molecule has 0 atom stereocenters. The number of rotatable bonds is 7. The molecule has 3 heterocycles. The third-order valence-electron chi connectivity index (χ3n) is 5.71. The fourth-order valence-electron chi connectivity index (χ4n) is 3.75. The van der Waals surface area contributed by atoms with Crippen LogP contribution in [0.5, 0.6) is 0 Å². The second-order valence-electron chi connectivity index (χ2n) is 8.15. The molecule has 0 radical (unpaired) electrons. The molecule has 0 unspecified atom stereocenters. The number of nitrogens with zero attached hydrogens (tertiary/aromatic N) is 4. The standard InChI is InChI=1S/C27H26N6S/c1-4-20-7-6-19(3)29-26(20)30-22-10-5-18(2)24(15-22)31-27-32-25(16-34-27)21-8-11-23(12-9-21)33-14-13-28-17-33/h5-17H,4H2,1-3H3,(H,29,30)(H,31,32). The summed E-state index contributed by atoms with van der Waals surface area (Å²) >= 11 is 1.60. The van der Waals surface area contributed by atoms with Gasteiger partial charge < -0.3 is 15.2 Å². The minimum atomic E-state index is 0.858. The molecule has 5 aromatic rings. The van der Waals surface area contributed by atoms with Crippen LogP contribution in [0.2, 0.25) is 0 Å². The van der Waals surface area contributed by atoms with Crippen molar-refractivity contribution in [1.29, 1.82) is 0 Å². The molecule has 34 heavy (non-hydrogen) atoms. The summed E-state index contributed by atoms with van der Waals surface area (Å²) in [5, 5.41) is 9.93. The predicted octanol–water partition coefficient (Wildman–Crippen LogP) is 7.06. The minimum Gasteiger partial charge on any atom is -0.340 e. The number of benzene rings is 2. The van der Waals surface area contributed by atoms with Crippen LogP contribution in [0.3, 0.4) is 0 Å². The van der Waals surface area contributed by atoms with Crippen molar-refractivity contribution in [1.82, 2.24) is 19.5 Å². The molecule has 0 aliphatic rings. The van der Waals surface area contributed by atoms with Gasteiger partial charge in [0.15, 0.2) is 5.13 Å². The SMILES string of the molecule is CCc1ccc(C)nc1Nc1ccc(C)c(Nc2nc(-c3ccc(-n4ccnc4)cc3)cs2)c1. The number of hydrogen-bond donors (Lipinski definition) is 2. The molecule has 0 amide bonds. The predicted molar refractivity (Wildman–Crippen MR) is 141 cm³/mol. The monoisotopic (exact) mass is 466 g/mol. The zero-order valence-electron chi connectivity index (χ0n) is 19.4. The van der Waals surface area contributed by atoms with Crippen LogP contribution >= 0.6 is 11.3 Å². The van der Waals surface area contributed by atoms with E-state index in [2.05, 4.69) is 94.4 Å². The van der Waals surface area contributed by atoms with E-state index >= 15 is 0 Å². The Morgan fingerprint density at radius 2 is 1.79 bits per heavy atom. The third kappa shape index (κ3) is 4.70. The summed E-state index contributed by atoms with van der Waals surface area (Å²) in [7, 11) is 0. The fraction of sp³-hybridized carbons (Fsp3) is 0.148. The molecule has 6 nitrogen and oxygen atoms in total. The van der Waals surface area contributed by atoms with E-state index in [0.29, 0.717) is 0 Å². The van der Waals surface area contributed by atoms with Gasteiger partial charge in [-0.3, -0.25) is 0 Å². The van der Waals surface area contributed by atoms with Gasteiger partial charge in [0.1, 0.15) is 5.82 Å². The molecular formula is C27H26N6S. The van der Waals surface area contributed by atoms with E-state index in [4.69, 9.17) is 4.98 Å². The summed E-state index contributed by atoms with van der Waals surface area (Å²) in [5.74, 6) is 0.910. The van der Waals surface area contributed by atoms with E-state index in [-0.39, 0.29) is 0 Å². The maximum Gasteiger partial charge on any atom is 0.187 e. The second kappa shape index (κ2) is 9.49. The van der Waals surface area contributed by atoms with Gasteiger partial charge >= 0.3 is 0 Å². The Hall–Kier alpha value is -3.97. The Kier molecular flexibility index (Phi) is 6.10. The first-order chi connectivity index (χ1) is 16.6. The summed E-state index contributed by atoms with van der Waals surface area (Å²) in [4.78, 5) is 13.6. The molecule has 2 aromatic carbocycles. The Labute approximate surface area is 203 Å². The highest BCUT2D eigenvalue weighted by atomic mass is 32.1. The topological polar surface area (TPSA) is 67.7 Å². The van der Waals surface area contributed by atoms with Gasteiger partial charge in [0, 0.05) is 46.1 Å². The van der Waals surface area contributed by atoms with Crippen LogP contribution < -0.4 is 10.6 Å². The Balaban J connectivity index is 1.34. The van der Waals surface area contributed by atoms with Crippen LogP contribution in [0.25, 0.3) is 16.9 Å². The molecule has 0 saturated carbocycles. The van der Waals surface area contributed by atoms with Crippen LogP contribution in [0.1, 0.15) is 23.7 Å². The van der Waals surface area contributed by atoms with Gasteiger partial charge in [0.2, 0.25) is 0 Å². The number of hydrogen-bond acceptors (Lipinski definition) is 6. The maximum atomic E-state index is 4.82. The van der Waals surface area contributed by atoms with Gasteiger partial charge in [0.05, 0.1) is 12.0 Å². The minimum absolute atomic E-state index is 0.858. The summed E-state index contributed by atoms with van der Waals surface area (Å²) in [6.45, 7) is 6.25. The van der Waals surface area contributed by atoms with Crippen LogP contribution in [0.4, 0.5) is 22.3 Å². The van der Waals surface area contributed by atoms with Crippen molar-refractivity contribution in [2.45, 2.75) is 27.2 Å². The lowest BCUT2D eigenvalue weighted by atomic mass is 10.1. The summed E-state index contributed by atoms with van der Waals surface area (Å²) < 4.78 is 1.98. The summed E-state index contributed by atoms with van der Waals surface area (Å²) in [5.41, 5.74) is 8.47. The number of thiazole rings is 1. The number of pyridine rings is 1. The molecule has 0 fully saturated rings. The third-order valence-corrected chi connectivity index (χ3v) is 6.47. The average Bonchev–Trinajstić information content (AvgIpc) is 3.54. The van der Waals surface area contributed by atoms with Crippen molar-refractivity contribution in [3.8, 4) is 16.9 Å². The molecule has 2 N–H and O–H groups in total. The molecular weight excluding hydrogens is 440 g/mol. The van der Waals surface area contributed by atoms with E-state index < -0.39 is 0 Å². The number of aryl methyl sites for hydroxylation is 3. The first-order valence-corrected chi connectivity index (χ1v) is 12.1. The zero-order chi connectivity index (χ0) is 23.5. The van der Waals surface area contributed by atoms with Crippen molar-refractivity contribution in [3.63, 3.8) is 0 Å². The van der Waals surface area contributed by atoms with Crippen LogP contribution in [0, 0.1) is 13.8 Å². The van der Waals surface area contributed by atoms with Gasteiger partial charge in [-0.05, 0) is 61.7 Å². The van der Waals surface area contributed by atoms with E-state index in [1.807, 2.05) is 17.7 Å². The van der Waals surface area contributed by atoms with Gasteiger partial charge in [-0.25, -0.2) is 15.0 Å². The number of anilines is 4. The smallest absolute Gasteiger partial charge is 0.187 e.